The van der Waals surface area contributed by atoms with Crippen molar-refractivity contribution in [2.45, 2.75) is 38.8 Å². The molecule has 6 nitrogen and oxygen atoms in total. The maximum absolute atomic E-state index is 5.32. The second-order valence-corrected chi connectivity index (χ2v) is 7.77. The molecule has 0 aromatic carbocycles. The van der Waals surface area contributed by atoms with Crippen LogP contribution in [0.3, 0.4) is 0 Å². The van der Waals surface area contributed by atoms with Crippen LogP contribution in [0.4, 0.5) is 0 Å². The fourth-order valence-electron chi connectivity index (χ4n) is 3.61. The molecule has 3 rings (SSSR count). The predicted octanol–water partition coefficient (Wildman–Crippen LogP) is 3.66. The largest absolute Gasteiger partial charge is 0.359 e. The summed E-state index contributed by atoms with van der Waals surface area (Å²) in [6, 6.07) is 6.88. The maximum atomic E-state index is 5.32. The van der Waals surface area contributed by atoms with Crippen LogP contribution in [0.15, 0.2) is 33.1 Å². The number of hydrogen-bond donors (Lipinski definition) is 2. The second-order valence-electron chi connectivity index (χ2n) is 6.79. The summed E-state index contributed by atoms with van der Waals surface area (Å²) < 4.78 is 5.32. The zero-order chi connectivity index (χ0) is 18.4. The molecule has 1 aliphatic heterocycles. The fraction of sp³-hybridized carbons (Fsp3) is 0.579. The minimum absolute atomic E-state index is 0. The first kappa shape index (κ1) is 22.2. The van der Waals surface area contributed by atoms with E-state index in [0.29, 0.717) is 18.5 Å². The van der Waals surface area contributed by atoms with Crippen LogP contribution < -0.4 is 10.6 Å². The lowest BCUT2D eigenvalue weighted by Gasteiger charge is -2.39. The molecule has 0 saturated carbocycles. The number of aromatic nitrogens is 1. The molecular weight excluding hydrogens is 473 g/mol. The van der Waals surface area contributed by atoms with Gasteiger partial charge in [-0.2, -0.15) is 0 Å². The molecule has 0 spiro atoms. The first-order valence-electron chi connectivity index (χ1n) is 9.34. The van der Waals surface area contributed by atoms with Crippen molar-refractivity contribution in [1.29, 1.82) is 0 Å². The monoisotopic (exact) mass is 503 g/mol. The first-order valence-corrected chi connectivity index (χ1v) is 10.2. The van der Waals surface area contributed by atoms with Gasteiger partial charge in [0.15, 0.2) is 11.7 Å². The van der Waals surface area contributed by atoms with E-state index < -0.39 is 0 Å². The third kappa shape index (κ3) is 5.92. The Balaban J connectivity index is 0.00000261. The Kier molecular flexibility index (Phi) is 9.04. The molecule has 1 fully saturated rings. The molecule has 27 heavy (non-hydrogen) atoms. The summed E-state index contributed by atoms with van der Waals surface area (Å²) in [6.07, 6.45) is 3.36. The van der Waals surface area contributed by atoms with Gasteiger partial charge in [-0.3, -0.25) is 9.89 Å². The van der Waals surface area contributed by atoms with Crippen LogP contribution in [0.2, 0.25) is 0 Å². The van der Waals surface area contributed by atoms with Crippen LogP contribution in [-0.4, -0.2) is 43.2 Å². The molecule has 0 radical (unpaired) electrons. The summed E-state index contributed by atoms with van der Waals surface area (Å²) in [5, 5.41) is 13.0. The van der Waals surface area contributed by atoms with Crippen molar-refractivity contribution in [2.24, 2.45) is 10.9 Å². The number of guanidine groups is 1. The molecule has 150 valence electrons. The van der Waals surface area contributed by atoms with E-state index in [0.717, 1.165) is 36.9 Å². The minimum atomic E-state index is 0. The van der Waals surface area contributed by atoms with Gasteiger partial charge in [-0.05, 0) is 50.2 Å². The SMILES string of the molecule is CCc1cc(CNC(=NC)NCC2CCCN(C)C2c2cccs2)on1.I. The molecule has 1 saturated heterocycles. The van der Waals surface area contributed by atoms with Gasteiger partial charge in [-0.15, -0.1) is 35.3 Å². The van der Waals surface area contributed by atoms with Crippen LogP contribution in [0.1, 0.15) is 42.1 Å². The van der Waals surface area contributed by atoms with Gasteiger partial charge in [0.05, 0.1) is 12.2 Å². The number of nitrogens with one attached hydrogen (secondary N) is 2. The van der Waals surface area contributed by atoms with Gasteiger partial charge in [-0.1, -0.05) is 18.1 Å². The minimum Gasteiger partial charge on any atom is -0.359 e. The summed E-state index contributed by atoms with van der Waals surface area (Å²) >= 11 is 1.85. The van der Waals surface area contributed by atoms with Gasteiger partial charge in [-0.25, -0.2) is 0 Å². The molecule has 2 N–H and O–H groups in total. The summed E-state index contributed by atoms with van der Waals surface area (Å²) in [4.78, 5) is 8.28. The third-order valence-electron chi connectivity index (χ3n) is 5.00. The van der Waals surface area contributed by atoms with Crippen molar-refractivity contribution in [1.82, 2.24) is 20.7 Å². The lowest BCUT2D eigenvalue weighted by molar-refractivity contribution is 0.125. The Labute approximate surface area is 182 Å². The number of aryl methyl sites for hydroxylation is 1. The Morgan fingerprint density at radius 3 is 2.96 bits per heavy atom. The molecule has 2 aromatic rings. The van der Waals surface area contributed by atoms with Crippen LogP contribution in [0.25, 0.3) is 0 Å². The number of halogens is 1. The predicted molar refractivity (Wildman–Crippen MR) is 122 cm³/mol. The first-order chi connectivity index (χ1) is 12.7. The van der Waals surface area contributed by atoms with E-state index in [1.165, 1.54) is 17.7 Å². The second kappa shape index (κ2) is 11.0. The Morgan fingerprint density at radius 1 is 1.44 bits per heavy atom. The Bertz CT molecular complexity index is 703. The molecule has 8 heteroatoms. The number of hydrogen-bond acceptors (Lipinski definition) is 5. The average Bonchev–Trinajstić information content (AvgIpc) is 3.33. The van der Waals surface area contributed by atoms with E-state index in [1.807, 2.05) is 17.4 Å². The van der Waals surface area contributed by atoms with E-state index in [1.54, 1.807) is 7.05 Å². The van der Waals surface area contributed by atoms with E-state index in [4.69, 9.17) is 4.52 Å². The van der Waals surface area contributed by atoms with Crippen LogP contribution >= 0.6 is 35.3 Å². The molecule has 0 amide bonds. The number of thiophene rings is 1. The molecule has 3 heterocycles. The third-order valence-corrected chi connectivity index (χ3v) is 5.94. The smallest absolute Gasteiger partial charge is 0.191 e. The summed E-state index contributed by atoms with van der Waals surface area (Å²) in [6.45, 7) is 4.73. The van der Waals surface area contributed by atoms with E-state index >= 15 is 0 Å². The molecule has 2 atom stereocenters. The maximum Gasteiger partial charge on any atom is 0.191 e. The van der Waals surface area contributed by atoms with Gasteiger partial charge in [0.2, 0.25) is 0 Å². The highest BCUT2D eigenvalue weighted by Crippen LogP contribution is 2.36. The van der Waals surface area contributed by atoms with Crippen molar-refractivity contribution in [3.05, 3.63) is 39.9 Å². The zero-order valence-corrected chi connectivity index (χ0v) is 19.4. The highest BCUT2D eigenvalue weighted by atomic mass is 127. The quantitative estimate of drug-likeness (QED) is 0.358. The van der Waals surface area contributed by atoms with Gasteiger partial charge in [0, 0.05) is 30.6 Å². The molecule has 1 aliphatic rings. The molecule has 0 aliphatic carbocycles. The number of likely N-dealkylation sites (tertiary alicyclic amines) is 1. The van der Waals surface area contributed by atoms with E-state index in [-0.39, 0.29) is 24.0 Å². The van der Waals surface area contributed by atoms with Crippen LogP contribution in [-0.2, 0) is 13.0 Å². The summed E-state index contributed by atoms with van der Waals surface area (Å²) in [7, 11) is 4.04. The summed E-state index contributed by atoms with van der Waals surface area (Å²) in [5.41, 5.74) is 0.980. The summed E-state index contributed by atoms with van der Waals surface area (Å²) in [5.74, 6) is 2.21. The van der Waals surface area contributed by atoms with Gasteiger partial charge < -0.3 is 15.2 Å². The fourth-order valence-corrected chi connectivity index (χ4v) is 4.59. The van der Waals surface area contributed by atoms with Crippen molar-refractivity contribution < 1.29 is 4.52 Å². The molecule has 0 bridgehead atoms. The normalized spacial score (nSPS) is 20.9. The number of nitrogens with zero attached hydrogens (tertiary/aromatic N) is 3. The number of piperidine rings is 1. The van der Waals surface area contributed by atoms with Crippen molar-refractivity contribution in [2.75, 3.05) is 27.2 Å². The van der Waals surface area contributed by atoms with Gasteiger partial charge in [0.1, 0.15) is 0 Å². The van der Waals surface area contributed by atoms with E-state index in [9.17, 15) is 0 Å². The van der Waals surface area contributed by atoms with Crippen molar-refractivity contribution >= 4 is 41.3 Å². The van der Waals surface area contributed by atoms with Crippen LogP contribution in [0.5, 0.6) is 0 Å². The van der Waals surface area contributed by atoms with Gasteiger partial charge >= 0.3 is 0 Å². The molecule has 2 unspecified atom stereocenters. The lowest BCUT2D eigenvalue weighted by Crippen LogP contribution is -2.44. The Hall–Kier alpha value is -1.13. The lowest BCUT2D eigenvalue weighted by atomic mass is 9.88. The zero-order valence-electron chi connectivity index (χ0n) is 16.3. The van der Waals surface area contributed by atoms with E-state index in [2.05, 4.69) is 57.2 Å². The van der Waals surface area contributed by atoms with Crippen molar-refractivity contribution in [3.8, 4) is 0 Å². The molecule has 2 aromatic heterocycles. The topological polar surface area (TPSA) is 65.7 Å². The number of rotatable bonds is 6. The Morgan fingerprint density at radius 2 is 2.30 bits per heavy atom. The number of aliphatic imine (C=N–C) groups is 1. The van der Waals surface area contributed by atoms with Crippen molar-refractivity contribution in [3.63, 3.8) is 0 Å². The highest BCUT2D eigenvalue weighted by Gasteiger charge is 2.31. The molecular formula is C19H30IN5OS. The van der Waals surface area contributed by atoms with Gasteiger partial charge in [0.25, 0.3) is 0 Å². The van der Waals surface area contributed by atoms with Crippen LogP contribution in [0, 0.1) is 5.92 Å². The highest BCUT2D eigenvalue weighted by molar-refractivity contribution is 14.0. The standard InChI is InChI=1S/C19H29N5OS.HI/c1-4-15-11-16(25-23-15)13-22-19(20-2)21-12-14-7-5-9-24(3)18(14)17-8-6-10-26-17;/h6,8,10-11,14,18H,4-5,7,9,12-13H2,1-3H3,(H2,20,21,22);1H. The average molecular weight is 503 g/mol.